The lowest BCUT2D eigenvalue weighted by molar-refractivity contribution is -0.384. The summed E-state index contributed by atoms with van der Waals surface area (Å²) in [5.74, 6) is 0.0384. The first-order chi connectivity index (χ1) is 34.3. The van der Waals surface area contributed by atoms with E-state index >= 15 is 4.79 Å². The van der Waals surface area contributed by atoms with E-state index in [0.29, 0.717) is 37.5 Å². The molecular weight excluding hydrogens is 903 g/mol. The number of hydrogen-bond acceptors (Lipinski definition) is 11. The third kappa shape index (κ3) is 10.8. The number of benzene rings is 5. The van der Waals surface area contributed by atoms with Gasteiger partial charge in [0.1, 0.15) is 24.1 Å². The molecule has 70 heavy (non-hydrogen) atoms. The van der Waals surface area contributed by atoms with E-state index in [1.54, 1.807) is 30.0 Å². The maximum Gasteiger partial charge on any atom is 0.269 e. The van der Waals surface area contributed by atoms with Crippen LogP contribution in [-0.4, -0.2) is 75.7 Å². The molecule has 1 heterocycles. The Balaban J connectivity index is 1.20. The number of unbranched alkanes of at least 4 members (excludes halogenated alkanes) is 2. The van der Waals surface area contributed by atoms with Crippen molar-refractivity contribution in [3.63, 3.8) is 0 Å². The molecule has 0 aromatic heterocycles. The molecular formula is C57H63N3O9S. The van der Waals surface area contributed by atoms with Gasteiger partial charge in [-0.1, -0.05) is 90.8 Å². The Morgan fingerprint density at radius 2 is 1.69 bits per heavy atom. The number of non-ortho nitro benzene ring substituents is 1. The molecule has 0 unspecified atom stereocenters. The highest BCUT2D eigenvalue weighted by molar-refractivity contribution is 7.99. The van der Waals surface area contributed by atoms with E-state index < -0.39 is 22.7 Å². The van der Waals surface area contributed by atoms with Gasteiger partial charge in [-0.25, -0.2) is 0 Å². The number of nitrogens with zero attached hydrogens (tertiary/aromatic N) is 3. The monoisotopic (exact) mass is 965 g/mol. The van der Waals surface area contributed by atoms with Crippen LogP contribution < -0.4 is 9.47 Å². The molecule has 12 nitrogen and oxygen atoms in total. The summed E-state index contributed by atoms with van der Waals surface area (Å²) in [5.41, 5.74) is 4.33. The van der Waals surface area contributed by atoms with Crippen molar-refractivity contribution >= 4 is 39.8 Å². The third-order valence-electron chi connectivity index (χ3n) is 14.4. The quantitative estimate of drug-likeness (QED) is 0.0201. The van der Waals surface area contributed by atoms with Crippen molar-refractivity contribution in [3.8, 4) is 11.5 Å². The number of oxime groups is 1. The minimum atomic E-state index is -1.41. The molecule has 2 saturated carbocycles. The molecule has 0 bridgehead atoms. The second kappa shape index (κ2) is 22.8. The number of carbonyl (C=O) groups excluding carboxylic acids is 1. The zero-order valence-corrected chi connectivity index (χ0v) is 40.4. The minimum absolute atomic E-state index is 0.0101. The topological polar surface area (TPSA) is 153 Å². The van der Waals surface area contributed by atoms with Crippen molar-refractivity contribution in [2.45, 2.75) is 93.6 Å². The van der Waals surface area contributed by atoms with Crippen LogP contribution in [0.3, 0.4) is 0 Å². The standard InChI is InChI=1S/C57H63N3O9S/c1-2-31-67-57-53(59(56(63)41-23-24-41)37-43-16-12-15-40-13-6-7-19-47(40)43)36-51(58-68-38-39-21-25-44(26-22-39)60(64)65)49-34-42(14-8-10-29-61)48(20-9-11-30-62)54(55(49)57)50-35-45(27-28-52(50)69-57)66-32-33-70-46-17-4-3-5-18-46/h2-7,12-13,15-19,21-22,25-28,34-35,41-42,48,53-55,61-62H,1,8-11,14,20,23-24,29-33,36-38H2/t42-,48+,53-,54+,55+,57+/m0/s1. The van der Waals surface area contributed by atoms with Gasteiger partial charge < -0.3 is 34.2 Å². The van der Waals surface area contributed by atoms with Crippen molar-refractivity contribution in [2.24, 2.45) is 28.8 Å². The SMILES string of the molecule is C=CCO[C@@]12Oc3ccc(OCCSc4ccccc4)cc3[C@H]3[C@H](CCCCO)[C@@H](CCCCO)C=C(C(=NOCc4ccc([N+](=O)[O-])cc4)C[C@@H]1N(Cc1cccc4ccccc14)C(=O)C1CC1)[C@H]32. The fourth-order valence-electron chi connectivity index (χ4n) is 11.0. The van der Waals surface area contributed by atoms with Crippen molar-refractivity contribution in [1.29, 1.82) is 0 Å². The summed E-state index contributed by atoms with van der Waals surface area (Å²) >= 11 is 1.74. The number of nitro groups is 1. The molecule has 5 aromatic carbocycles. The van der Waals surface area contributed by atoms with Crippen LogP contribution in [0.25, 0.3) is 10.8 Å². The number of amides is 1. The van der Waals surface area contributed by atoms with Crippen LogP contribution in [0.4, 0.5) is 5.69 Å². The third-order valence-corrected chi connectivity index (χ3v) is 15.3. The first-order valence-corrected chi connectivity index (χ1v) is 25.8. The summed E-state index contributed by atoms with van der Waals surface area (Å²) in [6.45, 7) is 5.30. The number of allylic oxidation sites excluding steroid dienone is 1. The molecule has 1 aliphatic heterocycles. The maximum atomic E-state index is 15.2. The van der Waals surface area contributed by atoms with Gasteiger partial charge in [-0.15, -0.1) is 18.3 Å². The Morgan fingerprint density at radius 3 is 2.44 bits per heavy atom. The predicted molar refractivity (Wildman–Crippen MR) is 273 cm³/mol. The maximum absolute atomic E-state index is 15.2. The summed E-state index contributed by atoms with van der Waals surface area (Å²) < 4.78 is 21.3. The van der Waals surface area contributed by atoms with Gasteiger partial charge >= 0.3 is 0 Å². The van der Waals surface area contributed by atoms with Gasteiger partial charge in [0.2, 0.25) is 11.7 Å². The van der Waals surface area contributed by atoms with Gasteiger partial charge in [-0.3, -0.25) is 14.9 Å². The Hall–Kier alpha value is -5.99. The lowest BCUT2D eigenvalue weighted by Crippen LogP contribution is -2.70. The summed E-state index contributed by atoms with van der Waals surface area (Å²) in [4.78, 5) is 35.7. The minimum Gasteiger partial charge on any atom is -0.493 e. The number of ether oxygens (including phenoxy) is 3. The van der Waals surface area contributed by atoms with Crippen LogP contribution in [0.15, 0.2) is 150 Å². The van der Waals surface area contributed by atoms with Crippen molar-refractivity contribution in [3.05, 3.63) is 166 Å². The van der Waals surface area contributed by atoms with E-state index in [2.05, 4.69) is 55.1 Å². The molecule has 4 aliphatic rings. The van der Waals surface area contributed by atoms with Crippen LogP contribution in [-0.2, 0) is 27.5 Å². The number of fused-ring (bicyclic) bond motifs is 3. The van der Waals surface area contributed by atoms with E-state index in [4.69, 9.17) is 24.2 Å². The lowest BCUT2D eigenvalue weighted by Gasteiger charge is -2.60. The van der Waals surface area contributed by atoms with Crippen molar-refractivity contribution < 1.29 is 39.0 Å². The Bertz CT molecular complexity index is 2670. The molecule has 3 aliphatic carbocycles. The number of nitro benzene ring substituents is 1. The molecule has 0 spiro atoms. The van der Waals surface area contributed by atoms with Gasteiger partial charge in [-0.05, 0) is 120 Å². The van der Waals surface area contributed by atoms with E-state index in [1.807, 2.05) is 53.4 Å². The van der Waals surface area contributed by atoms with E-state index in [-0.39, 0.29) is 68.1 Å². The van der Waals surface area contributed by atoms with Crippen LogP contribution >= 0.6 is 11.8 Å². The van der Waals surface area contributed by atoms with Crippen LogP contribution in [0.1, 0.15) is 80.4 Å². The van der Waals surface area contributed by atoms with Gasteiger partial charge in [-0.2, -0.15) is 0 Å². The number of carbonyl (C=O) groups is 1. The van der Waals surface area contributed by atoms with Gasteiger partial charge in [0.15, 0.2) is 0 Å². The molecule has 2 N–H and O–H groups in total. The fraction of sp³-hybridized carbons (Fsp3) is 0.404. The smallest absolute Gasteiger partial charge is 0.269 e. The summed E-state index contributed by atoms with van der Waals surface area (Å²) in [6.07, 6.45) is 10.5. The van der Waals surface area contributed by atoms with Gasteiger partial charge in [0, 0.05) is 66.4 Å². The summed E-state index contributed by atoms with van der Waals surface area (Å²) in [6, 6.07) is 36.4. The van der Waals surface area contributed by atoms with Crippen molar-refractivity contribution in [2.75, 3.05) is 32.2 Å². The second-order valence-electron chi connectivity index (χ2n) is 18.9. The first kappa shape index (κ1) is 49.0. The largest absolute Gasteiger partial charge is 0.493 e. The Morgan fingerprint density at radius 1 is 0.929 bits per heavy atom. The fourth-order valence-corrected chi connectivity index (χ4v) is 11.7. The molecule has 366 valence electrons. The summed E-state index contributed by atoms with van der Waals surface area (Å²) in [7, 11) is 0. The Labute approximate surface area is 414 Å². The Kier molecular flexibility index (Phi) is 16.0. The zero-order valence-electron chi connectivity index (χ0n) is 39.6. The molecule has 0 radical (unpaired) electrons. The summed E-state index contributed by atoms with van der Waals surface area (Å²) in [5, 5.41) is 38.7. The van der Waals surface area contributed by atoms with Gasteiger partial charge in [0.05, 0.1) is 29.8 Å². The molecule has 13 heteroatoms. The molecule has 9 rings (SSSR count). The molecule has 5 aromatic rings. The first-order valence-electron chi connectivity index (χ1n) is 24.8. The number of hydrogen-bond donors (Lipinski definition) is 2. The second-order valence-corrected chi connectivity index (χ2v) is 20.0. The predicted octanol–water partition coefficient (Wildman–Crippen LogP) is 11.2. The van der Waals surface area contributed by atoms with E-state index in [1.165, 1.54) is 17.0 Å². The van der Waals surface area contributed by atoms with E-state index in [9.17, 15) is 20.3 Å². The average Bonchev–Trinajstić information content (AvgIpc) is 4.24. The van der Waals surface area contributed by atoms with Crippen LogP contribution in [0.2, 0.25) is 0 Å². The number of rotatable bonds is 24. The van der Waals surface area contributed by atoms with Crippen LogP contribution in [0.5, 0.6) is 11.5 Å². The highest BCUT2D eigenvalue weighted by Gasteiger charge is 2.66. The highest BCUT2D eigenvalue weighted by atomic mass is 32.2. The van der Waals surface area contributed by atoms with Crippen molar-refractivity contribution in [1.82, 2.24) is 4.90 Å². The number of aliphatic hydroxyl groups is 2. The number of aliphatic hydroxyl groups excluding tert-OH is 2. The molecule has 1 amide bonds. The number of thioether (sulfide) groups is 1. The van der Waals surface area contributed by atoms with Crippen LogP contribution in [0, 0.1) is 33.8 Å². The molecule has 2 fully saturated rings. The zero-order chi connectivity index (χ0) is 48.5. The van der Waals surface area contributed by atoms with Gasteiger partial charge in [0.25, 0.3) is 5.69 Å². The highest BCUT2D eigenvalue weighted by Crippen LogP contribution is 2.62. The average molecular weight is 966 g/mol. The normalized spacial score (nSPS) is 22.9. The lowest BCUT2D eigenvalue weighted by atomic mass is 9.55. The molecule has 6 atom stereocenters. The van der Waals surface area contributed by atoms with E-state index in [0.717, 1.165) is 83.1 Å². The molecule has 0 saturated heterocycles.